The van der Waals surface area contributed by atoms with Crippen molar-refractivity contribution >= 4 is 29.0 Å². The van der Waals surface area contributed by atoms with E-state index in [-0.39, 0.29) is 23.9 Å². The number of hydrogen-bond donors (Lipinski definition) is 1. The van der Waals surface area contributed by atoms with Crippen LogP contribution in [0.1, 0.15) is 36.6 Å². The van der Waals surface area contributed by atoms with Crippen molar-refractivity contribution in [3.05, 3.63) is 144 Å². The fraction of sp³-hybridized carbons (Fsp3) is 0.184. The standard InChI is InChI=1S/C38H34FN3O6S/c1-5-47-32-19-24(14-17-30(32)48-22-25-10-9-11-26(39)18-25)20-33-37(44)42-35(29-16-15-28(45-3)21-31(29)46-4)34(23(2)40-38(42)49-33)36(43)41-27-12-7-6-8-13-27/h6-21,35H,5,22H2,1-4H3,(H,41,43)/b33-20-/t35-/m1/s1. The summed E-state index contributed by atoms with van der Waals surface area (Å²) in [5.74, 6) is 1.26. The Morgan fingerprint density at radius 1 is 0.939 bits per heavy atom. The van der Waals surface area contributed by atoms with Gasteiger partial charge in [0, 0.05) is 17.3 Å². The number of nitrogens with zero attached hydrogens (tertiary/aromatic N) is 2. The molecule has 1 aromatic heterocycles. The number of amides is 1. The van der Waals surface area contributed by atoms with Crippen molar-refractivity contribution in [2.75, 3.05) is 26.1 Å². The van der Waals surface area contributed by atoms with Gasteiger partial charge in [0.2, 0.25) is 0 Å². The zero-order valence-corrected chi connectivity index (χ0v) is 28.2. The van der Waals surface area contributed by atoms with E-state index in [9.17, 15) is 14.0 Å². The first-order chi connectivity index (χ1) is 23.8. The molecule has 0 saturated carbocycles. The first kappa shape index (κ1) is 33.2. The molecule has 1 aliphatic rings. The van der Waals surface area contributed by atoms with Crippen molar-refractivity contribution < 1.29 is 28.1 Å². The van der Waals surface area contributed by atoms with Crippen LogP contribution in [0.15, 0.2) is 112 Å². The van der Waals surface area contributed by atoms with Gasteiger partial charge in [0.05, 0.1) is 36.6 Å². The Balaban J connectivity index is 1.43. The van der Waals surface area contributed by atoms with E-state index >= 15 is 0 Å². The fourth-order valence-corrected chi connectivity index (χ4v) is 6.66. The second-order valence-corrected chi connectivity index (χ2v) is 12.1. The van der Waals surface area contributed by atoms with E-state index in [2.05, 4.69) is 5.32 Å². The maximum atomic E-state index is 14.3. The number of allylic oxidation sites excluding steroid dienone is 1. The van der Waals surface area contributed by atoms with Crippen LogP contribution in [0.5, 0.6) is 23.0 Å². The van der Waals surface area contributed by atoms with Crippen LogP contribution in [-0.2, 0) is 11.4 Å². The van der Waals surface area contributed by atoms with Crippen LogP contribution in [0, 0.1) is 5.82 Å². The number of methoxy groups -OCH3 is 2. The third kappa shape index (κ3) is 7.12. The van der Waals surface area contributed by atoms with Crippen LogP contribution in [-0.4, -0.2) is 31.3 Å². The molecule has 1 atom stereocenters. The zero-order chi connectivity index (χ0) is 34.5. The van der Waals surface area contributed by atoms with E-state index in [0.717, 1.165) is 0 Å². The highest BCUT2D eigenvalue weighted by molar-refractivity contribution is 7.07. The number of fused-ring (bicyclic) bond motifs is 1. The number of carbonyl (C=O) groups excluding carboxylic acids is 1. The van der Waals surface area contributed by atoms with Gasteiger partial charge in [0.1, 0.15) is 30.0 Å². The van der Waals surface area contributed by atoms with Crippen molar-refractivity contribution in [1.82, 2.24) is 4.57 Å². The van der Waals surface area contributed by atoms with Crippen LogP contribution in [0.4, 0.5) is 10.1 Å². The Labute approximate surface area is 286 Å². The largest absolute Gasteiger partial charge is 0.497 e. The van der Waals surface area contributed by atoms with Crippen LogP contribution in [0.2, 0.25) is 0 Å². The second kappa shape index (κ2) is 14.6. The summed E-state index contributed by atoms with van der Waals surface area (Å²) >= 11 is 1.22. The number of benzene rings is 4. The van der Waals surface area contributed by atoms with Crippen LogP contribution in [0.3, 0.4) is 0 Å². The summed E-state index contributed by atoms with van der Waals surface area (Å²) in [4.78, 5) is 33.4. The van der Waals surface area contributed by atoms with Crippen LogP contribution in [0.25, 0.3) is 6.08 Å². The number of aromatic nitrogens is 1. The number of halogens is 1. The molecule has 0 aliphatic carbocycles. The third-order valence-corrected chi connectivity index (χ3v) is 8.86. The third-order valence-electron chi connectivity index (χ3n) is 7.88. The zero-order valence-electron chi connectivity index (χ0n) is 27.4. The summed E-state index contributed by atoms with van der Waals surface area (Å²) in [6, 6.07) is 25.1. The van der Waals surface area contributed by atoms with Crippen LogP contribution < -0.4 is 39.2 Å². The molecule has 0 spiro atoms. The van der Waals surface area contributed by atoms with E-state index in [0.29, 0.717) is 72.6 Å². The highest BCUT2D eigenvalue weighted by Gasteiger charge is 2.34. The molecule has 250 valence electrons. The van der Waals surface area contributed by atoms with Gasteiger partial charge in [-0.1, -0.05) is 47.7 Å². The monoisotopic (exact) mass is 679 g/mol. The minimum Gasteiger partial charge on any atom is -0.497 e. The second-order valence-electron chi connectivity index (χ2n) is 11.1. The summed E-state index contributed by atoms with van der Waals surface area (Å²) in [5, 5.41) is 2.96. The number of para-hydroxylation sites is 1. The molecule has 6 rings (SSSR count). The number of rotatable bonds is 11. The average Bonchev–Trinajstić information content (AvgIpc) is 3.41. The predicted molar refractivity (Wildman–Crippen MR) is 187 cm³/mol. The molecule has 9 nitrogen and oxygen atoms in total. The smallest absolute Gasteiger partial charge is 0.271 e. The summed E-state index contributed by atoms with van der Waals surface area (Å²) in [6.07, 6.45) is 1.76. The molecule has 0 bridgehead atoms. The highest BCUT2D eigenvalue weighted by atomic mass is 32.1. The Morgan fingerprint density at radius 2 is 1.76 bits per heavy atom. The van der Waals surface area contributed by atoms with Crippen molar-refractivity contribution in [3.8, 4) is 23.0 Å². The van der Waals surface area contributed by atoms with E-state index in [1.165, 1.54) is 35.1 Å². The van der Waals surface area contributed by atoms with Gasteiger partial charge in [-0.25, -0.2) is 9.38 Å². The maximum absolute atomic E-state index is 14.3. The number of hydrogen-bond acceptors (Lipinski definition) is 8. The van der Waals surface area contributed by atoms with E-state index < -0.39 is 6.04 Å². The SMILES string of the molecule is CCOc1cc(/C=c2\sc3n(c2=O)[C@H](c2ccc(OC)cc2OC)C(C(=O)Nc2ccccc2)=C(C)N=3)ccc1OCc1cccc(F)c1. The van der Waals surface area contributed by atoms with Crippen molar-refractivity contribution in [3.63, 3.8) is 0 Å². The Morgan fingerprint density at radius 3 is 2.49 bits per heavy atom. The molecule has 4 aromatic carbocycles. The van der Waals surface area contributed by atoms with E-state index in [1.807, 2.05) is 31.2 Å². The molecule has 2 heterocycles. The molecule has 1 amide bonds. The lowest BCUT2D eigenvalue weighted by atomic mass is 9.94. The molecule has 0 saturated heterocycles. The summed E-state index contributed by atoms with van der Waals surface area (Å²) in [7, 11) is 3.09. The predicted octanol–water partition coefficient (Wildman–Crippen LogP) is 6.01. The molecular formula is C38H34FN3O6S. The molecule has 0 radical (unpaired) electrons. The lowest BCUT2D eigenvalue weighted by molar-refractivity contribution is -0.113. The normalized spacial score (nSPS) is 14.1. The van der Waals surface area contributed by atoms with Crippen molar-refractivity contribution in [2.24, 2.45) is 4.99 Å². The Hall–Kier alpha value is -5.68. The average molecular weight is 680 g/mol. The maximum Gasteiger partial charge on any atom is 0.271 e. The fourth-order valence-electron chi connectivity index (χ4n) is 5.61. The molecule has 0 unspecified atom stereocenters. The number of nitrogens with one attached hydrogen (secondary N) is 1. The van der Waals surface area contributed by atoms with Crippen LogP contribution >= 0.6 is 11.3 Å². The highest BCUT2D eigenvalue weighted by Crippen LogP contribution is 2.38. The van der Waals surface area contributed by atoms with Gasteiger partial charge < -0.3 is 24.3 Å². The molecule has 5 aromatic rings. The van der Waals surface area contributed by atoms with Gasteiger partial charge in [0.25, 0.3) is 11.5 Å². The Kier molecular flexibility index (Phi) is 9.91. The van der Waals surface area contributed by atoms with Gasteiger partial charge in [-0.15, -0.1) is 0 Å². The minimum absolute atomic E-state index is 0.157. The molecule has 0 fully saturated rings. The van der Waals surface area contributed by atoms with E-state index in [1.54, 1.807) is 74.7 Å². The topological polar surface area (TPSA) is 100 Å². The molecular weight excluding hydrogens is 645 g/mol. The minimum atomic E-state index is -0.847. The summed E-state index contributed by atoms with van der Waals surface area (Å²) < 4.78 is 38.6. The molecule has 11 heteroatoms. The molecule has 1 N–H and O–H groups in total. The van der Waals surface area contributed by atoms with Crippen molar-refractivity contribution in [2.45, 2.75) is 26.5 Å². The Bertz CT molecular complexity index is 2230. The summed E-state index contributed by atoms with van der Waals surface area (Å²) in [5.41, 5.74) is 3.05. The van der Waals surface area contributed by atoms with Gasteiger partial charge >= 0.3 is 0 Å². The lowest BCUT2D eigenvalue weighted by Crippen LogP contribution is -2.40. The first-order valence-electron chi connectivity index (χ1n) is 15.5. The van der Waals surface area contributed by atoms with Gasteiger partial charge in [0.15, 0.2) is 16.3 Å². The quantitative estimate of drug-likeness (QED) is 0.184. The van der Waals surface area contributed by atoms with Gasteiger partial charge in [-0.3, -0.25) is 14.2 Å². The van der Waals surface area contributed by atoms with Gasteiger partial charge in [-0.05, 0) is 79.6 Å². The van der Waals surface area contributed by atoms with E-state index in [4.69, 9.17) is 23.9 Å². The number of thiazole rings is 1. The summed E-state index contributed by atoms with van der Waals surface area (Å²) in [6.45, 7) is 4.17. The van der Waals surface area contributed by atoms with Crippen molar-refractivity contribution in [1.29, 1.82) is 0 Å². The molecule has 1 aliphatic heterocycles. The lowest BCUT2D eigenvalue weighted by Gasteiger charge is -2.26. The first-order valence-corrected chi connectivity index (χ1v) is 16.4. The number of anilines is 1. The molecule has 49 heavy (non-hydrogen) atoms. The van der Waals surface area contributed by atoms with Gasteiger partial charge in [-0.2, -0.15) is 0 Å². The number of ether oxygens (including phenoxy) is 4. The number of carbonyl (C=O) groups is 1.